The normalized spacial score (nSPS) is 11.8. The van der Waals surface area contributed by atoms with Crippen molar-refractivity contribution in [1.82, 2.24) is 4.57 Å². The highest BCUT2D eigenvalue weighted by Crippen LogP contribution is 2.12. The molecule has 0 fully saturated rings. The van der Waals surface area contributed by atoms with E-state index in [1.807, 2.05) is 57.7 Å². The van der Waals surface area contributed by atoms with Crippen LogP contribution >= 0.6 is 0 Å². The van der Waals surface area contributed by atoms with E-state index in [9.17, 15) is 5.11 Å². The van der Waals surface area contributed by atoms with Crippen LogP contribution < -0.4 is 9.67 Å². The maximum absolute atomic E-state index is 12.0. The third-order valence-electron chi connectivity index (χ3n) is 2.64. The van der Waals surface area contributed by atoms with Gasteiger partial charge in [-0.25, -0.2) is 9.13 Å². The summed E-state index contributed by atoms with van der Waals surface area (Å²) in [6.07, 6.45) is 3.66. The maximum atomic E-state index is 12.0. The van der Waals surface area contributed by atoms with E-state index in [2.05, 4.69) is 4.99 Å². The minimum atomic E-state index is -0.233. The van der Waals surface area contributed by atoms with E-state index in [1.165, 1.54) is 0 Å². The second-order valence-corrected chi connectivity index (χ2v) is 4.10. The van der Waals surface area contributed by atoms with Gasteiger partial charge in [0.25, 0.3) is 5.82 Å². The Balaban J connectivity index is 2.37. The number of aliphatic imine (C=N–C) groups is 1. The van der Waals surface area contributed by atoms with Crippen LogP contribution in [0.25, 0.3) is 0 Å². The molecule has 0 aliphatic rings. The summed E-state index contributed by atoms with van der Waals surface area (Å²) >= 11 is 0. The van der Waals surface area contributed by atoms with Crippen molar-refractivity contribution in [2.75, 3.05) is 0 Å². The number of rotatable bonds is 2. The zero-order valence-electron chi connectivity index (χ0n) is 10.2. The first kappa shape index (κ1) is 11.4. The van der Waals surface area contributed by atoms with E-state index >= 15 is 0 Å². The molecule has 0 aliphatic carbocycles. The second kappa shape index (κ2) is 4.41. The van der Waals surface area contributed by atoms with Crippen LogP contribution in [-0.4, -0.2) is 10.5 Å². The zero-order chi connectivity index (χ0) is 12.4. The molecule has 17 heavy (non-hydrogen) atoms. The van der Waals surface area contributed by atoms with Gasteiger partial charge in [0.05, 0.1) is 25.7 Å². The first-order valence-corrected chi connectivity index (χ1v) is 5.41. The maximum Gasteiger partial charge on any atom is 0.292 e. The molecule has 1 aromatic carbocycles. The Morgan fingerprint density at radius 2 is 1.94 bits per heavy atom. The van der Waals surface area contributed by atoms with Gasteiger partial charge in [0.1, 0.15) is 12.4 Å². The van der Waals surface area contributed by atoms with Crippen molar-refractivity contribution in [1.29, 1.82) is 0 Å². The summed E-state index contributed by atoms with van der Waals surface area (Å²) in [6, 6.07) is 7.57. The molecular weight excluding hydrogens is 214 g/mol. The minimum Gasteiger partial charge on any atom is -0.853 e. The van der Waals surface area contributed by atoms with Crippen LogP contribution in [0.15, 0.2) is 41.7 Å². The largest absolute Gasteiger partial charge is 0.853 e. The average molecular weight is 229 g/mol. The molecule has 0 aliphatic heterocycles. The molecule has 0 spiro atoms. The zero-order valence-corrected chi connectivity index (χ0v) is 10.2. The summed E-state index contributed by atoms with van der Waals surface area (Å²) in [7, 11) is 3.66. The van der Waals surface area contributed by atoms with Gasteiger partial charge in [0, 0.05) is 0 Å². The van der Waals surface area contributed by atoms with Gasteiger partial charge in [0.2, 0.25) is 0 Å². The highest BCUT2D eigenvalue weighted by Gasteiger charge is 2.10. The smallest absolute Gasteiger partial charge is 0.292 e. The van der Waals surface area contributed by atoms with Crippen LogP contribution in [0, 0.1) is 6.92 Å². The van der Waals surface area contributed by atoms with Crippen molar-refractivity contribution in [3.05, 3.63) is 48.0 Å². The predicted molar refractivity (Wildman–Crippen MR) is 64.0 cm³/mol. The van der Waals surface area contributed by atoms with E-state index in [0.29, 0.717) is 11.5 Å². The lowest BCUT2D eigenvalue weighted by Crippen LogP contribution is -2.39. The number of aryl methyl sites for hydroxylation is 3. The average Bonchev–Trinajstić information content (AvgIpc) is 2.62. The molecule has 2 rings (SSSR count). The SMILES string of the molecule is Cc1ccc(N=C([O-])c2n(C)cc[n+]2C)cc1. The van der Waals surface area contributed by atoms with Crippen LogP contribution in [0.2, 0.25) is 0 Å². The molecule has 0 atom stereocenters. The van der Waals surface area contributed by atoms with Crippen molar-refractivity contribution in [3.63, 3.8) is 0 Å². The monoisotopic (exact) mass is 229 g/mol. The van der Waals surface area contributed by atoms with Gasteiger partial charge in [-0.3, -0.25) is 4.99 Å². The summed E-state index contributed by atoms with van der Waals surface area (Å²) in [5, 5.41) is 12.0. The Morgan fingerprint density at radius 1 is 1.29 bits per heavy atom. The molecule has 0 saturated heterocycles. The number of nitrogens with zero attached hydrogens (tertiary/aromatic N) is 3. The number of hydrogen-bond acceptors (Lipinski definition) is 2. The van der Waals surface area contributed by atoms with Crippen LogP contribution in [0.5, 0.6) is 0 Å². The van der Waals surface area contributed by atoms with E-state index in [-0.39, 0.29) is 5.90 Å². The van der Waals surface area contributed by atoms with Gasteiger partial charge >= 0.3 is 0 Å². The van der Waals surface area contributed by atoms with Crippen LogP contribution in [0.3, 0.4) is 0 Å². The van der Waals surface area contributed by atoms with Crippen molar-refractivity contribution in [2.45, 2.75) is 6.92 Å². The molecule has 2 aromatic rings. The first-order chi connectivity index (χ1) is 8.08. The highest BCUT2D eigenvalue weighted by molar-refractivity contribution is 5.87. The van der Waals surface area contributed by atoms with Gasteiger partial charge in [0.15, 0.2) is 0 Å². The van der Waals surface area contributed by atoms with Crippen LogP contribution in [0.4, 0.5) is 5.69 Å². The number of benzene rings is 1. The molecule has 4 heteroatoms. The third-order valence-corrected chi connectivity index (χ3v) is 2.64. The molecule has 0 bridgehead atoms. The van der Waals surface area contributed by atoms with Crippen molar-refractivity contribution >= 4 is 11.6 Å². The molecule has 0 radical (unpaired) electrons. The first-order valence-electron chi connectivity index (χ1n) is 5.41. The second-order valence-electron chi connectivity index (χ2n) is 4.10. The number of imidazole rings is 1. The predicted octanol–water partition coefficient (Wildman–Crippen LogP) is 0.597. The Labute approximate surface area is 100 Å². The number of aromatic nitrogens is 2. The molecule has 88 valence electrons. The Bertz CT molecular complexity index is 533. The van der Waals surface area contributed by atoms with Crippen LogP contribution in [0.1, 0.15) is 11.4 Å². The molecule has 0 saturated carbocycles. The van der Waals surface area contributed by atoms with E-state index in [1.54, 1.807) is 9.13 Å². The Morgan fingerprint density at radius 3 is 2.47 bits per heavy atom. The third kappa shape index (κ3) is 2.36. The lowest BCUT2D eigenvalue weighted by atomic mass is 10.2. The molecule has 4 nitrogen and oxygen atoms in total. The van der Waals surface area contributed by atoms with Gasteiger partial charge in [-0.05, 0) is 19.1 Å². The molecule has 1 heterocycles. The fourth-order valence-electron chi connectivity index (χ4n) is 1.68. The van der Waals surface area contributed by atoms with E-state index < -0.39 is 0 Å². The van der Waals surface area contributed by atoms with Crippen molar-refractivity contribution < 1.29 is 9.67 Å². The highest BCUT2D eigenvalue weighted by atomic mass is 16.3. The Kier molecular flexibility index (Phi) is 2.95. The van der Waals surface area contributed by atoms with Gasteiger partial charge in [-0.1, -0.05) is 17.7 Å². The molecular formula is C13H15N3O. The fourth-order valence-corrected chi connectivity index (χ4v) is 1.68. The molecule has 0 N–H and O–H groups in total. The topological polar surface area (TPSA) is 44.2 Å². The summed E-state index contributed by atoms with van der Waals surface area (Å²) in [4.78, 5) is 4.08. The lowest BCUT2D eigenvalue weighted by molar-refractivity contribution is -0.674. The van der Waals surface area contributed by atoms with Crippen molar-refractivity contribution in [2.24, 2.45) is 19.1 Å². The molecule has 1 aromatic heterocycles. The summed E-state index contributed by atoms with van der Waals surface area (Å²) in [6.45, 7) is 2.00. The van der Waals surface area contributed by atoms with E-state index in [0.717, 1.165) is 5.56 Å². The summed E-state index contributed by atoms with van der Waals surface area (Å²) in [5.41, 5.74) is 1.84. The number of hydrogen-bond donors (Lipinski definition) is 0. The fraction of sp³-hybridized carbons (Fsp3) is 0.231. The minimum absolute atomic E-state index is 0.233. The standard InChI is InChI=1S/C13H15N3O/c1-10-4-6-11(7-5-10)14-12(17)13-15(2)8-9-16(13)3/h4-9H,1-3H3. The summed E-state index contributed by atoms with van der Waals surface area (Å²) in [5.74, 6) is 0.328. The molecule has 0 amide bonds. The van der Waals surface area contributed by atoms with Gasteiger partial charge < -0.3 is 5.11 Å². The quantitative estimate of drug-likeness (QED) is 0.422. The molecule has 0 unspecified atom stereocenters. The Hall–Kier alpha value is -2.10. The van der Waals surface area contributed by atoms with Crippen LogP contribution in [-0.2, 0) is 14.1 Å². The van der Waals surface area contributed by atoms with E-state index in [4.69, 9.17) is 0 Å². The van der Waals surface area contributed by atoms with Gasteiger partial charge in [-0.2, -0.15) is 0 Å². The summed E-state index contributed by atoms with van der Waals surface area (Å²) < 4.78 is 3.53. The lowest BCUT2D eigenvalue weighted by Gasteiger charge is -2.07. The van der Waals surface area contributed by atoms with Crippen molar-refractivity contribution in [3.8, 4) is 0 Å². The van der Waals surface area contributed by atoms with Gasteiger partial charge in [-0.15, -0.1) is 0 Å².